The molecule has 0 aromatic carbocycles. The van der Waals surface area contributed by atoms with Crippen LogP contribution in [0.25, 0.3) is 0 Å². The lowest BCUT2D eigenvalue weighted by atomic mass is 10.3. The van der Waals surface area contributed by atoms with Crippen molar-refractivity contribution < 1.29 is 0 Å². The molecule has 0 aliphatic rings. The lowest BCUT2D eigenvalue weighted by Crippen LogP contribution is -1.61. The molecule has 0 saturated heterocycles. The van der Waals surface area contributed by atoms with Gasteiger partial charge in [-0.05, 0) is 6.08 Å². The minimum absolute atomic E-state index is 0.449. The van der Waals surface area contributed by atoms with Crippen LogP contribution in [0, 0.1) is 11.3 Å². The van der Waals surface area contributed by atoms with Gasteiger partial charge in [0.1, 0.15) is 0 Å². The highest BCUT2D eigenvalue weighted by atomic mass is 14.2. The van der Waals surface area contributed by atoms with E-state index in [1.54, 1.807) is 18.2 Å². The molecule has 0 spiro atoms. The fourth-order valence-corrected chi connectivity index (χ4v) is 0.221. The van der Waals surface area contributed by atoms with Crippen molar-refractivity contribution in [3.8, 4) is 6.07 Å². The second-order valence-corrected chi connectivity index (χ2v) is 1.23. The average Bonchev–Trinajstić information content (AvgIpc) is 1.83. The van der Waals surface area contributed by atoms with Crippen LogP contribution >= 0.6 is 0 Å². The van der Waals surface area contributed by atoms with Gasteiger partial charge in [-0.15, -0.1) is 0 Å². The Morgan fingerprint density at radius 3 is 2.62 bits per heavy atom. The van der Waals surface area contributed by atoms with Crippen LogP contribution in [0.5, 0.6) is 0 Å². The molecule has 0 aliphatic heterocycles. The van der Waals surface area contributed by atoms with Crippen molar-refractivity contribution in [2.24, 2.45) is 0 Å². The van der Waals surface area contributed by atoms with E-state index < -0.39 is 0 Å². The van der Waals surface area contributed by atoms with E-state index >= 15 is 0 Å². The predicted molar refractivity (Wildman–Crippen MR) is 34.1 cm³/mol. The molecule has 0 heterocycles. The molecular formula is C7H7N. The van der Waals surface area contributed by atoms with E-state index in [0.717, 1.165) is 0 Å². The Hall–Kier alpha value is -1.29. The van der Waals surface area contributed by atoms with Gasteiger partial charge in [0, 0.05) is 5.57 Å². The van der Waals surface area contributed by atoms with Gasteiger partial charge in [-0.3, -0.25) is 0 Å². The van der Waals surface area contributed by atoms with Crippen LogP contribution in [-0.2, 0) is 0 Å². The van der Waals surface area contributed by atoms with E-state index in [4.69, 9.17) is 5.26 Å². The van der Waals surface area contributed by atoms with Gasteiger partial charge in [-0.25, -0.2) is 0 Å². The van der Waals surface area contributed by atoms with Crippen molar-refractivity contribution in [3.05, 3.63) is 37.0 Å². The second-order valence-electron chi connectivity index (χ2n) is 1.23. The molecule has 0 rings (SSSR count). The van der Waals surface area contributed by atoms with E-state index in [2.05, 4.69) is 13.2 Å². The summed E-state index contributed by atoms with van der Waals surface area (Å²) >= 11 is 0. The molecule has 0 aromatic rings. The van der Waals surface area contributed by atoms with Gasteiger partial charge in [0.15, 0.2) is 0 Å². The number of nitrogens with zero attached hydrogens (tertiary/aromatic N) is 1. The molecule has 1 nitrogen and oxygen atoms in total. The molecule has 0 N–H and O–H groups in total. The van der Waals surface area contributed by atoms with Gasteiger partial charge in [0.2, 0.25) is 0 Å². The first-order chi connectivity index (χ1) is 3.81. The highest BCUT2D eigenvalue weighted by Gasteiger charge is 1.74. The molecule has 0 aliphatic carbocycles. The highest BCUT2D eigenvalue weighted by molar-refractivity contribution is 5.30. The summed E-state index contributed by atoms with van der Waals surface area (Å²) < 4.78 is 0. The Bertz CT molecular complexity index is 158. The van der Waals surface area contributed by atoms with Gasteiger partial charge in [-0.1, -0.05) is 25.3 Å². The third-order valence-corrected chi connectivity index (χ3v) is 0.577. The van der Waals surface area contributed by atoms with Crippen molar-refractivity contribution in [1.82, 2.24) is 0 Å². The van der Waals surface area contributed by atoms with Crippen LogP contribution < -0.4 is 0 Å². The molecule has 0 amide bonds. The summed E-state index contributed by atoms with van der Waals surface area (Å²) in [4.78, 5) is 0. The third kappa shape index (κ3) is 2.92. The van der Waals surface area contributed by atoms with Gasteiger partial charge in [0.05, 0.1) is 6.07 Å². The molecular weight excluding hydrogens is 98.1 g/mol. The third-order valence-electron chi connectivity index (χ3n) is 0.577. The molecule has 1 heteroatoms. The summed E-state index contributed by atoms with van der Waals surface area (Å²) in [6.07, 6.45) is 4.88. The Kier molecular flexibility index (Phi) is 3.26. The lowest BCUT2D eigenvalue weighted by Gasteiger charge is -1.74. The van der Waals surface area contributed by atoms with Gasteiger partial charge in [0.25, 0.3) is 0 Å². The first kappa shape index (κ1) is 6.71. The smallest absolute Gasteiger partial charge is 0.0985 e. The minimum atomic E-state index is 0.449. The van der Waals surface area contributed by atoms with Crippen molar-refractivity contribution in [2.45, 2.75) is 0 Å². The highest BCUT2D eigenvalue weighted by Crippen LogP contribution is 1.87. The zero-order valence-electron chi connectivity index (χ0n) is 4.59. The first-order valence-corrected chi connectivity index (χ1v) is 2.19. The minimum Gasteiger partial charge on any atom is -0.192 e. The van der Waals surface area contributed by atoms with Crippen LogP contribution in [0.15, 0.2) is 37.0 Å². The predicted octanol–water partition coefficient (Wildman–Crippen LogP) is 1.81. The van der Waals surface area contributed by atoms with Crippen LogP contribution in [-0.4, -0.2) is 0 Å². The average molecular weight is 105 g/mol. The lowest BCUT2D eigenvalue weighted by molar-refractivity contribution is 1.51. The fourth-order valence-electron chi connectivity index (χ4n) is 0.221. The normalized spacial score (nSPS) is 8.38. The summed E-state index contributed by atoms with van der Waals surface area (Å²) in [5.41, 5.74) is 0.449. The molecule has 0 atom stereocenters. The van der Waals surface area contributed by atoms with E-state index in [1.165, 1.54) is 0 Å². The van der Waals surface area contributed by atoms with Crippen molar-refractivity contribution in [3.63, 3.8) is 0 Å². The largest absolute Gasteiger partial charge is 0.192 e. The molecule has 0 bridgehead atoms. The fraction of sp³-hybridized carbons (Fsp3) is 0. The summed E-state index contributed by atoms with van der Waals surface area (Å²) in [7, 11) is 0. The molecule has 8 heavy (non-hydrogen) atoms. The zero-order valence-corrected chi connectivity index (χ0v) is 4.59. The van der Waals surface area contributed by atoms with E-state index in [0.29, 0.717) is 5.57 Å². The molecule has 40 valence electrons. The van der Waals surface area contributed by atoms with Crippen LogP contribution in [0.1, 0.15) is 0 Å². The van der Waals surface area contributed by atoms with E-state index in [9.17, 15) is 0 Å². The molecule has 0 unspecified atom stereocenters. The maximum absolute atomic E-state index is 8.13. The number of rotatable bonds is 2. The number of nitriles is 1. The zero-order chi connectivity index (χ0) is 6.41. The Labute approximate surface area is 49.3 Å². The second kappa shape index (κ2) is 3.89. The Morgan fingerprint density at radius 1 is 1.62 bits per heavy atom. The van der Waals surface area contributed by atoms with Crippen molar-refractivity contribution in [2.75, 3.05) is 0 Å². The Morgan fingerprint density at radius 2 is 2.25 bits per heavy atom. The maximum Gasteiger partial charge on any atom is 0.0985 e. The van der Waals surface area contributed by atoms with Crippen LogP contribution in [0.3, 0.4) is 0 Å². The van der Waals surface area contributed by atoms with Crippen molar-refractivity contribution in [1.29, 1.82) is 5.26 Å². The van der Waals surface area contributed by atoms with Gasteiger partial charge < -0.3 is 0 Å². The SMILES string of the molecule is C=C/C=C\C(=C)C#N. The Balaban J connectivity index is 3.75. The molecule has 0 fully saturated rings. The number of hydrogen-bond acceptors (Lipinski definition) is 1. The summed E-state index contributed by atoms with van der Waals surface area (Å²) in [5, 5.41) is 8.13. The topological polar surface area (TPSA) is 23.8 Å². The van der Waals surface area contributed by atoms with Gasteiger partial charge in [-0.2, -0.15) is 5.26 Å². The van der Waals surface area contributed by atoms with E-state index in [1.807, 2.05) is 6.07 Å². The summed E-state index contributed by atoms with van der Waals surface area (Å²) in [6, 6.07) is 1.87. The monoisotopic (exact) mass is 105 g/mol. The van der Waals surface area contributed by atoms with Gasteiger partial charge >= 0.3 is 0 Å². The first-order valence-electron chi connectivity index (χ1n) is 2.19. The molecule has 0 aromatic heterocycles. The quantitative estimate of drug-likeness (QED) is 0.388. The number of hydrogen-bond donors (Lipinski definition) is 0. The summed E-state index contributed by atoms with van der Waals surface area (Å²) in [6.45, 7) is 6.84. The van der Waals surface area contributed by atoms with E-state index in [-0.39, 0.29) is 0 Å². The number of allylic oxidation sites excluding steroid dienone is 4. The van der Waals surface area contributed by atoms with Crippen LogP contribution in [0.4, 0.5) is 0 Å². The maximum atomic E-state index is 8.13. The summed E-state index contributed by atoms with van der Waals surface area (Å²) in [5.74, 6) is 0. The van der Waals surface area contributed by atoms with Crippen molar-refractivity contribution >= 4 is 0 Å². The standard InChI is InChI=1S/C7H7N/c1-3-4-5-7(2)6-8/h3-5H,1-2H2/b5-4-. The molecule has 0 saturated carbocycles. The van der Waals surface area contributed by atoms with Crippen LogP contribution in [0.2, 0.25) is 0 Å². The molecule has 0 radical (unpaired) electrons.